The van der Waals surface area contributed by atoms with Crippen LogP contribution in [0.25, 0.3) is 0 Å². The van der Waals surface area contributed by atoms with Crippen LogP contribution in [0.4, 0.5) is 4.79 Å². The van der Waals surface area contributed by atoms with Gasteiger partial charge in [-0.2, -0.15) is 0 Å². The molecule has 1 heterocycles. The molecule has 0 bridgehead atoms. The fraction of sp³-hybridized carbons (Fsp3) is 0.462. The van der Waals surface area contributed by atoms with Crippen molar-refractivity contribution in [3.63, 3.8) is 0 Å². The van der Waals surface area contributed by atoms with Gasteiger partial charge in [0.1, 0.15) is 0 Å². The molecule has 9 heteroatoms. The molecule has 0 aliphatic carbocycles. The third-order valence-corrected chi connectivity index (χ3v) is 4.40. The Morgan fingerprint density at radius 2 is 1.91 bits per heavy atom. The molecular formula is C13H19N2O6P. The highest BCUT2D eigenvalue weighted by atomic mass is 31.2. The second-order valence-corrected chi connectivity index (χ2v) is 6.05. The summed E-state index contributed by atoms with van der Waals surface area (Å²) in [5.41, 5.74) is 0.821. The zero-order chi connectivity index (χ0) is 16.0. The van der Waals surface area contributed by atoms with Gasteiger partial charge in [-0.05, 0) is 31.5 Å². The minimum atomic E-state index is -3.62. The summed E-state index contributed by atoms with van der Waals surface area (Å²) in [5, 5.41) is 4.81. The van der Waals surface area contributed by atoms with E-state index in [9.17, 15) is 9.36 Å². The van der Waals surface area contributed by atoms with Crippen LogP contribution in [0.1, 0.15) is 19.4 Å². The van der Waals surface area contributed by atoms with Gasteiger partial charge in [-0.25, -0.2) is 14.4 Å². The number of benzene rings is 1. The maximum Gasteiger partial charge on any atom is 0.436 e. The van der Waals surface area contributed by atoms with Crippen LogP contribution in [0.3, 0.4) is 0 Å². The average molecular weight is 330 g/mol. The van der Waals surface area contributed by atoms with Gasteiger partial charge >= 0.3 is 13.8 Å². The maximum atomic E-state index is 12.1. The van der Waals surface area contributed by atoms with Crippen molar-refractivity contribution in [3.05, 3.63) is 23.8 Å². The molecule has 2 amide bonds. The lowest BCUT2D eigenvalue weighted by Crippen LogP contribution is -2.34. The average Bonchev–Trinajstić information content (AvgIpc) is 2.92. The minimum Gasteiger partial charge on any atom is -0.454 e. The van der Waals surface area contributed by atoms with Crippen LogP contribution < -0.4 is 19.9 Å². The summed E-state index contributed by atoms with van der Waals surface area (Å²) in [6.07, 6.45) is 0. The summed E-state index contributed by atoms with van der Waals surface area (Å²) < 4.78 is 32.6. The van der Waals surface area contributed by atoms with Crippen LogP contribution in [0, 0.1) is 0 Å². The molecule has 2 rings (SSSR count). The van der Waals surface area contributed by atoms with Crippen molar-refractivity contribution >= 4 is 13.8 Å². The Hall–Kier alpha value is -1.76. The van der Waals surface area contributed by atoms with E-state index in [1.165, 1.54) is 0 Å². The van der Waals surface area contributed by atoms with Gasteiger partial charge in [0.05, 0.1) is 13.2 Å². The first-order chi connectivity index (χ1) is 10.6. The lowest BCUT2D eigenvalue weighted by Gasteiger charge is -2.17. The van der Waals surface area contributed by atoms with Gasteiger partial charge in [-0.15, -0.1) is 0 Å². The van der Waals surface area contributed by atoms with Gasteiger partial charge in [-0.1, -0.05) is 6.07 Å². The summed E-state index contributed by atoms with van der Waals surface area (Å²) in [5.74, 6) is 1.31. The summed E-state index contributed by atoms with van der Waals surface area (Å²) in [4.78, 5) is 11.8. The van der Waals surface area contributed by atoms with Crippen LogP contribution in [-0.2, 0) is 20.2 Å². The molecule has 0 unspecified atom stereocenters. The molecule has 1 aromatic carbocycles. The summed E-state index contributed by atoms with van der Waals surface area (Å²) in [6, 6.07) is 4.71. The standard InChI is InChI=1S/C13H19N2O6P/c1-3-20-22(17,21-4-2)15-13(16)14-8-10-5-6-11-12(7-10)19-9-18-11/h5-7H,3-4,8-9H2,1-2H3,(H2,14,15,16,17). The van der Waals surface area contributed by atoms with Gasteiger partial charge in [0.2, 0.25) is 6.79 Å². The van der Waals surface area contributed by atoms with Crippen LogP contribution in [0.2, 0.25) is 0 Å². The summed E-state index contributed by atoms with van der Waals surface area (Å²) >= 11 is 0. The van der Waals surface area contributed by atoms with E-state index in [0.29, 0.717) is 11.5 Å². The molecule has 0 atom stereocenters. The summed E-state index contributed by atoms with van der Waals surface area (Å²) in [6.45, 7) is 4.09. The van der Waals surface area contributed by atoms with Gasteiger partial charge < -0.3 is 14.8 Å². The van der Waals surface area contributed by atoms with Crippen LogP contribution in [0.15, 0.2) is 18.2 Å². The molecule has 0 fully saturated rings. The fourth-order valence-corrected chi connectivity index (χ4v) is 3.05. The van der Waals surface area contributed by atoms with Crippen molar-refractivity contribution in [1.82, 2.24) is 10.4 Å². The predicted molar refractivity (Wildman–Crippen MR) is 78.8 cm³/mol. The molecule has 0 saturated carbocycles. The number of hydrogen-bond donors (Lipinski definition) is 2. The Balaban J connectivity index is 1.88. The number of carbonyl (C=O) groups excluding carboxylic acids is 1. The van der Waals surface area contributed by atoms with E-state index >= 15 is 0 Å². The monoisotopic (exact) mass is 330 g/mol. The SMILES string of the molecule is CCOP(=O)(NC(=O)NCc1ccc2c(c1)OCO2)OCC. The molecule has 2 N–H and O–H groups in total. The van der Waals surface area contributed by atoms with Gasteiger partial charge in [0.15, 0.2) is 11.5 Å². The highest BCUT2D eigenvalue weighted by Crippen LogP contribution is 2.43. The Morgan fingerprint density at radius 1 is 1.23 bits per heavy atom. The second kappa shape index (κ2) is 7.49. The fourth-order valence-electron chi connectivity index (χ4n) is 1.84. The highest BCUT2D eigenvalue weighted by Gasteiger charge is 2.26. The van der Waals surface area contributed by atoms with Crippen molar-refractivity contribution in [1.29, 1.82) is 0 Å². The predicted octanol–water partition coefficient (Wildman–Crippen LogP) is 2.40. The molecule has 0 aromatic heterocycles. The maximum absolute atomic E-state index is 12.1. The smallest absolute Gasteiger partial charge is 0.436 e. The first kappa shape index (κ1) is 16.6. The molecule has 1 aliphatic rings. The van der Waals surface area contributed by atoms with Crippen molar-refractivity contribution in [2.24, 2.45) is 0 Å². The topological polar surface area (TPSA) is 95.1 Å². The number of nitrogens with one attached hydrogen (secondary N) is 2. The Bertz CT molecular complexity index is 570. The van der Waals surface area contributed by atoms with E-state index in [-0.39, 0.29) is 26.6 Å². The lowest BCUT2D eigenvalue weighted by molar-refractivity contribution is 0.174. The van der Waals surface area contributed by atoms with Gasteiger partial charge in [-0.3, -0.25) is 9.05 Å². The van der Waals surface area contributed by atoms with Crippen molar-refractivity contribution in [2.45, 2.75) is 20.4 Å². The van der Waals surface area contributed by atoms with E-state index in [0.717, 1.165) is 5.56 Å². The molecular weight excluding hydrogens is 311 g/mol. The Morgan fingerprint density at radius 3 is 2.59 bits per heavy atom. The molecule has 22 heavy (non-hydrogen) atoms. The number of amides is 2. The number of urea groups is 1. The van der Waals surface area contributed by atoms with Crippen molar-refractivity contribution in [3.8, 4) is 11.5 Å². The van der Waals surface area contributed by atoms with Crippen molar-refractivity contribution < 1.29 is 27.9 Å². The van der Waals surface area contributed by atoms with E-state index in [2.05, 4.69) is 10.4 Å². The zero-order valence-electron chi connectivity index (χ0n) is 12.5. The minimum absolute atomic E-state index is 0.166. The number of ether oxygens (including phenoxy) is 2. The normalized spacial score (nSPS) is 13.0. The number of rotatable bonds is 7. The Kier molecular flexibility index (Phi) is 5.65. The highest BCUT2D eigenvalue weighted by molar-refractivity contribution is 7.52. The van der Waals surface area contributed by atoms with Crippen molar-refractivity contribution in [2.75, 3.05) is 20.0 Å². The summed E-state index contributed by atoms with van der Waals surface area (Å²) in [7, 11) is -3.62. The van der Waals surface area contributed by atoms with Crippen LogP contribution in [-0.4, -0.2) is 26.0 Å². The number of hydrogen-bond acceptors (Lipinski definition) is 6. The third kappa shape index (κ3) is 4.37. The lowest BCUT2D eigenvalue weighted by atomic mass is 10.2. The molecule has 1 aromatic rings. The van der Waals surface area contributed by atoms with E-state index in [1.54, 1.807) is 32.0 Å². The zero-order valence-corrected chi connectivity index (χ0v) is 13.4. The molecule has 0 radical (unpaired) electrons. The van der Waals surface area contributed by atoms with E-state index in [1.807, 2.05) is 0 Å². The first-order valence-corrected chi connectivity index (χ1v) is 8.44. The molecule has 122 valence electrons. The molecule has 0 spiro atoms. The Labute approximate surface area is 128 Å². The third-order valence-electron chi connectivity index (χ3n) is 2.73. The number of carbonyl (C=O) groups is 1. The van der Waals surface area contributed by atoms with Crippen LogP contribution >= 0.6 is 7.75 Å². The number of fused-ring (bicyclic) bond motifs is 1. The van der Waals surface area contributed by atoms with Gasteiger partial charge in [0.25, 0.3) is 0 Å². The second-order valence-electron chi connectivity index (χ2n) is 4.32. The van der Waals surface area contributed by atoms with Crippen LogP contribution in [0.5, 0.6) is 11.5 Å². The van der Waals surface area contributed by atoms with Gasteiger partial charge in [0, 0.05) is 6.54 Å². The largest absolute Gasteiger partial charge is 0.454 e. The molecule has 8 nitrogen and oxygen atoms in total. The molecule has 0 saturated heterocycles. The van der Waals surface area contributed by atoms with E-state index < -0.39 is 13.8 Å². The first-order valence-electron chi connectivity index (χ1n) is 6.90. The quantitative estimate of drug-likeness (QED) is 0.746. The van der Waals surface area contributed by atoms with E-state index in [4.69, 9.17) is 18.5 Å². The molecule has 1 aliphatic heterocycles.